The summed E-state index contributed by atoms with van der Waals surface area (Å²) in [5, 5.41) is 8.93. The van der Waals surface area contributed by atoms with Gasteiger partial charge in [-0.3, -0.25) is 0 Å². The molecule has 1 aromatic rings. The van der Waals surface area contributed by atoms with Gasteiger partial charge in [0.25, 0.3) is 0 Å². The Bertz CT molecular complexity index is 388. The lowest BCUT2D eigenvalue weighted by Crippen LogP contribution is -2.10. The third-order valence-corrected chi connectivity index (χ3v) is 2.64. The molecule has 1 heterocycles. The Balaban J connectivity index is 2.94. The molecule has 0 unspecified atom stereocenters. The second-order valence-corrected chi connectivity index (χ2v) is 3.43. The van der Waals surface area contributed by atoms with E-state index in [2.05, 4.69) is 6.07 Å². The maximum Gasteiger partial charge on any atom is 0.122 e. The number of hydrogen-bond acceptors (Lipinski definition) is 3. The number of aromatic nitrogens is 1. The van der Waals surface area contributed by atoms with Gasteiger partial charge >= 0.3 is 0 Å². The lowest BCUT2D eigenvalue weighted by molar-refractivity contribution is 0.139. The maximum atomic E-state index is 8.93. The molecule has 0 saturated heterocycles. The third-order valence-electron chi connectivity index (χ3n) is 2.64. The van der Waals surface area contributed by atoms with Crippen molar-refractivity contribution in [3.8, 4) is 6.07 Å². The molecule has 0 aliphatic heterocycles. The SMILES string of the molecule is CCOCCn1c(C)c(C)c(C#N)c1N. The largest absolute Gasteiger partial charge is 0.384 e. The summed E-state index contributed by atoms with van der Waals surface area (Å²) in [5.74, 6) is 0.548. The van der Waals surface area contributed by atoms with E-state index in [0.717, 1.165) is 11.3 Å². The van der Waals surface area contributed by atoms with Gasteiger partial charge < -0.3 is 15.0 Å². The van der Waals surface area contributed by atoms with E-state index in [1.165, 1.54) is 0 Å². The lowest BCUT2D eigenvalue weighted by Gasteiger charge is -2.08. The van der Waals surface area contributed by atoms with Crippen molar-refractivity contribution in [2.75, 3.05) is 18.9 Å². The summed E-state index contributed by atoms with van der Waals surface area (Å²) in [6, 6.07) is 2.13. The van der Waals surface area contributed by atoms with E-state index in [-0.39, 0.29) is 0 Å². The molecular formula is C11H17N3O. The first-order valence-corrected chi connectivity index (χ1v) is 5.06. The predicted octanol–water partition coefficient (Wildman–Crippen LogP) is 1.60. The van der Waals surface area contributed by atoms with Crippen LogP contribution in [0.2, 0.25) is 0 Å². The highest BCUT2D eigenvalue weighted by Gasteiger charge is 2.14. The van der Waals surface area contributed by atoms with Crippen molar-refractivity contribution in [1.29, 1.82) is 5.26 Å². The Labute approximate surface area is 90.3 Å². The molecule has 4 heteroatoms. The van der Waals surface area contributed by atoms with E-state index >= 15 is 0 Å². The molecule has 0 saturated carbocycles. The normalized spacial score (nSPS) is 10.3. The van der Waals surface area contributed by atoms with Gasteiger partial charge in [0.05, 0.1) is 12.2 Å². The minimum atomic E-state index is 0.548. The number of ether oxygens (including phenoxy) is 1. The van der Waals surface area contributed by atoms with Gasteiger partial charge in [-0.1, -0.05) is 0 Å². The molecule has 0 amide bonds. The number of nitriles is 1. The van der Waals surface area contributed by atoms with Crippen LogP contribution in [0.3, 0.4) is 0 Å². The molecule has 0 fully saturated rings. The van der Waals surface area contributed by atoms with E-state index in [4.69, 9.17) is 15.7 Å². The molecule has 1 aromatic heterocycles. The van der Waals surface area contributed by atoms with Gasteiger partial charge in [-0.05, 0) is 26.3 Å². The van der Waals surface area contributed by atoms with Crippen molar-refractivity contribution in [3.05, 3.63) is 16.8 Å². The van der Waals surface area contributed by atoms with Crippen LogP contribution < -0.4 is 5.73 Å². The molecular weight excluding hydrogens is 190 g/mol. The summed E-state index contributed by atoms with van der Waals surface area (Å²) in [4.78, 5) is 0. The summed E-state index contributed by atoms with van der Waals surface area (Å²) in [7, 11) is 0. The van der Waals surface area contributed by atoms with Crippen LogP contribution in [0.5, 0.6) is 0 Å². The van der Waals surface area contributed by atoms with E-state index in [0.29, 0.717) is 31.1 Å². The van der Waals surface area contributed by atoms with Gasteiger partial charge in [0, 0.05) is 18.8 Å². The zero-order chi connectivity index (χ0) is 11.4. The Morgan fingerprint density at radius 3 is 2.60 bits per heavy atom. The monoisotopic (exact) mass is 207 g/mol. The van der Waals surface area contributed by atoms with E-state index in [1.807, 2.05) is 25.3 Å². The highest BCUT2D eigenvalue weighted by molar-refractivity contribution is 5.57. The van der Waals surface area contributed by atoms with Crippen molar-refractivity contribution < 1.29 is 4.74 Å². The van der Waals surface area contributed by atoms with Crippen LogP contribution >= 0.6 is 0 Å². The first-order chi connectivity index (χ1) is 7.13. The average Bonchev–Trinajstić information content (AvgIpc) is 2.42. The first kappa shape index (κ1) is 11.6. The molecule has 4 nitrogen and oxygen atoms in total. The van der Waals surface area contributed by atoms with E-state index < -0.39 is 0 Å². The predicted molar refractivity (Wildman–Crippen MR) is 59.5 cm³/mol. The van der Waals surface area contributed by atoms with Crippen molar-refractivity contribution in [3.63, 3.8) is 0 Å². The minimum Gasteiger partial charge on any atom is -0.384 e. The van der Waals surface area contributed by atoms with Gasteiger partial charge in [0.2, 0.25) is 0 Å². The zero-order valence-corrected chi connectivity index (χ0v) is 9.50. The summed E-state index contributed by atoms with van der Waals surface area (Å²) >= 11 is 0. The second-order valence-electron chi connectivity index (χ2n) is 3.43. The number of nitrogens with zero attached hydrogens (tertiary/aromatic N) is 2. The molecule has 0 atom stereocenters. The quantitative estimate of drug-likeness (QED) is 0.762. The zero-order valence-electron chi connectivity index (χ0n) is 9.50. The molecule has 0 aromatic carbocycles. The molecule has 0 aliphatic carbocycles. The smallest absolute Gasteiger partial charge is 0.122 e. The Hall–Kier alpha value is -1.47. The van der Waals surface area contributed by atoms with Crippen LogP contribution in [0.15, 0.2) is 0 Å². The molecule has 0 bridgehead atoms. The fourth-order valence-corrected chi connectivity index (χ4v) is 1.62. The van der Waals surface area contributed by atoms with Crippen LogP contribution in [0.25, 0.3) is 0 Å². The molecule has 1 rings (SSSR count). The number of nitrogen functional groups attached to an aromatic ring is 1. The molecule has 0 aliphatic rings. The van der Waals surface area contributed by atoms with Gasteiger partial charge in [0.15, 0.2) is 0 Å². The van der Waals surface area contributed by atoms with Crippen molar-refractivity contribution in [1.82, 2.24) is 4.57 Å². The van der Waals surface area contributed by atoms with Crippen LogP contribution in [0.1, 0.15) is 23.7 Å². The topological polar surface area (TPSA) is 64.0 Å². The number of anilines is 1. The molecule has 15 heavy (non-hydrogen) atoms. The molecule has 2 N–H and O–H groups in total. The fourth-order valence-electron chi connectivity index (χ4n) is 1.62. The second kappa shape index (κ2) is 4.85. The van der Waals surface area contributed by atoms with Crippen molar-refractivity contribution in [2.24, 2.45) is 0 Å². The summed E-state index contributed by atoms with van der Waals surface area (Å²) in [5.41, 5.74) is 8.48. The molecule has 82 valence electrons. The number of rotatable bonds is 4. The van der Waals surface area contributed by atoms with Gasteiger partial charge in [-0.2, -0.15) is 5.26 Å². The van der Waals surface area contributed by atoms with Crippen LogP contribution in [0.4, 0.5) is 5.82 Å². The first-order valence-electron chi connectivity index (χ1n) is 5.06. The molecule has 0 radical (unpaired) electrons. The minimum absolute atomic E-state index is 0.548. The highest BCUT2D eigenvalue weighted by atomic mass is 16.5. The summed E-state index contributed by atoms with van der Waals surface area (Å²) in [6.07, 6.45) is 0. The number of hydrogen-bond donors (Lipinski definition) is 1. The standard InChI is InChI=1S/C11H17N3O/c1-4-15-6-5-14-9(3)8(2)10(7-12)11(14)13/h4-6,13H2,1-3H3. The van der Waals surface area contributed by atoms with Gasteiger partial charge in [-0.15, -0.1) is 0 Å². The van der Waals surface area contributed by atoms with Crippen LogP contribution in [-0.2, 0) is 11.3 Å². The number of nitrogens with two attached hydrogens (primary N) is 1. The van der Waals surface area contributed by atoms with Crippen molar-refractivity contribution in [2.45, 2.75) is 27.3 Å². The molecule has 0 spiro atoms. The van der Waals surface area contributed by atoms with Crippen molar-refractivity contribution >= 4 is 5.82 Å². The maximum absolute atomic E-state index is 8.93. The summed E-state index contributed by atoms with van der Waals surface area (Å²) < 4.78 is 7.20. The third kappa shape index (κ3) is 2.13. The van der Waals surface area contributed by atoms with Gasteiger partial charge in [-0.25, -0.2) is 0 Å². The van der Waals surface area contributed by atoms with Crippen LogP contribution in [-0.4, -0.2) is 17.8 Å². The Morgan fingerprint density at radius 1 is 1.47 bits per heavy atom. The lowest BCUT2D eigenvalue weighted by atomic mass is 10.2. The Morgan fingerprint density at radius 2 is 2.13 bits per heavy atom. The van der Waals surface area contributed by atoms with E-state index in [9.17, 15) is 0 Å². The average molecular weight is 207 g/mol. The van der Waals surface area contributed by atoms with Gasteiger partial charge in [0.1, 0.15) is 11.9 Å². The van der Waals surface area contributed by atoms with E-state index in [1.54, 1.807) is 0 Å². The van der Waals surface area contributed by atoms with Crippen LogP contribution in [0, 0.1) is 25.2 Å². The summed E-state index contributed by atoms with van der Waals surface area (Å²) in [6.45, 7) is 7.87. The fraction of sp³-hybridized carbons (Fsp3) is 0.545. The Kier molecular flexibility index (Phi) is 3.75. The highest BCUT2D eigenvalue weighted by Crippen LogP contribution is 2.22.